The van der Waals surface area contributed by atoms with Gasteiger partial charge in [-0.05, 0) is 55.1 Å². The van der Waals surface area contributed by atoms with Crippen LogP contribution in [0.5, 0.6) is 0 Å². The normalized spacial score (nSPS) is 11.9. The maximum Gasteiger partial charge on any atom is 0.179 e. The number of fused-ring (bicyclic) bond motifs is 6. The van der Waals surface area contributed by atoms with Gasteiger partial charge in [-0.25, -0.2) is 0 Å². The van der Waals surface area contributed by atoms with Gasteiger partial charge in [-0.2, -0.15) is 0 Å². The van der Waals surface area contributed by atoms with Crippen LogP contribution in [0.15, 0.2) is 194 Å². The molecule has 0 bridgehead atoms. The Morgan fingerprint density at radius 2 is 0.667 bits per heavy atom. The van der Waals surface area contributed by atoms with E-state index in [4.69, 9.17) is 0 Å². The molecule has 10 rings (SSSR count). The van der Waals surface area contributed by atoms with Gasteiger partial charge >= 0.3 is 0 Å². The Labute approximate surface area is 306 Å². The van der Waals surface area contributed by atoms with E-state index < -0.39 is 8.07 Å². The molecule has 3 heteroatoms. The molecule has 2 heterocycles. The van der Waals surface area contributed by atoms with Gasteiger partial charge in [-0.15, -0.1) is 22.7 Å². The van der Waals surface area contributed by atoms with Gasteiger partial charge in [0.25, 0.3) is 0 Å². The molecule has 0 aliphatic rings. The van der Waals surface area contributed by atoms with Crippen molar-refractivity contribution < 1.29 is 0 Å². The third-order valence-corrected chi connectivity index (χ3v) is 17.6. The minimum Gasteiger partial charge on any atom is -0.135 e. The molecule has 0 fully saturated rings. The lowest BCUT2D eigenvalue weighted by atomic mass is 10.0. The van der Waals surface area contributed by atoms with Crippen LogP contribution in [-0.2, 0) is 0 Å². The summed E-state index contributed by atoms with van der Waals surface area (Å²) in [6.45, 7) is 0. The minimum atomic E-state index is -2.82. The SMILES string of the molecule is c1ccc([Si](c2ccccc2)(c2cccc(-c3cccc4c3sc3ccccc34)c2)c2cccc(-c3cccc4c3sc3ccccc34)c2)cc1. The number of hydrogen-bond acceptors (Lipinski definition) is 2. The zero-order valence-electron chi connectivity index (χ0n) is 27.8. The average Bonchev–Trinajstić information content (AvgIpc) is 3.78. The fourth-order valence-electron chi connectivity index (χ4n) is 8.17. The van der Waals surface area contributed by atoms with Crippen molar-refractivity contribution in [2.24, 2.45) is 0 Å². The largest absolute Gasteiger partial charge is 0.179 e. The van der Waals surface area contributed by atoms with Crippen molar-refractivity contribution >= 4 is 91.8 Å². The van der Waals surface area contributed by atoms with Crippen molar-refractivity contribution in [3.63, 3.8) is 0 Å². The van der Waals surface area contributed by atoms with Gasteiger partial charge in [-0.1, -0.05) is 182 Å². The molecule has 0 aliphatic carbocycles. The minimum absolute atomic E-state index is 1.26. The lowest BCUT2D eigenvalue weighted by Crippen LogP contribution is -2.74. The highest BCUT2D eigenvalue weighted by atomic mass is 32.1. The summed E-state index contributed by atoms with van der Waals surface area (Å²) < 4.78 is 5.36. The molecule has 0 radical (unpaired) electrons. The van der Waals surface area contributed by atoms with E-state index in [1.165, 1.54) is 83.3 Å². The molecule has 240 valence electrons. The lowest BCUT2D eigenvalue weighted by molar-refractivity contribution is 1.64. The first-order valence-electron chi connectivity index (χ1n) is 17.4. The highest BCUT2D eigenvalue weighted by Gasteiger charge is 2.41. The molecule has 0 aliphatic heterocycles. The summed E-state index contributed by atoms with van der Waals surface area (Å²) in [5.74, 6) is 0. The second-order valence-electron chi connectivity index (χ2n) is 13.2. The Hall–Kier alpha value is -5.58. The molecule has 0 saturated carbocycles. The third kappa shape index (κ3) is 4.85. The van der Waals surface area contributed by atoms with Crippen LogP contribution in [0.1, 0.15) is 0 Å². The summed E-state index contributed by atoms with van der Waals surface area (Å²) in [4.78, 5) is 0. The quantitative estimate of drug-likeness (QED) is 0.120. The van der Waals surface area contributed by atoms with Gasteiger partial charge in [-0.3, -0.25) is 0 Å². The van der Waals surface area contributed by atoms with Crippen LogP contribution in [0.2, 0.25) is 0 Å². The van der Waals surface area contributed by atoms with Gasteiger partial charge in [0.2, 0.25) is 0 Å². The molecule has 0 saturated heterocycles. The van der Waals surface area contributed by atoms with Gasteiger partial charge < -0.3 is 0 Å². The predicted molar refractivity (Wildman–Crippen MR) is 227 cm³/mol. The molecule has 0 atom stereocenters. The smallest absolute Gasteiger partial charge is 0.135 e. The van der Waals surface area contributed by atoms with E-state index in [-0.39, 0.29) is 0 Å². The van der Waals surface area contributed by atoms with Crippen molar-refractivity contribution in [1.29, 1.82) is 0 Å². The Morgan fingerprint density at radius 1 is 0.294 bits per heavy atom. The Balaban J connectivity index is 1.24. The van der Waals surface area contributed by atoms with Gasteiger partial charge in [0.05, 0.1) is 0 Å². The summed E-state index contributed by atoms with van der Waals surface area (Å²) in [6.07, 6.45) is 0. The fourth-order valence-corrected chi connectivity index (χ4v) is 15.5. The van der Waals surface area contributed by atoms with Gasteiger partial charge in [0.15, 0.2) is 8.07 Å². The van der Waals surface area contributed by atoms with Gasteiger partial charge in [0, 0.05) is 40.3 Å². The van der Waals surface area contributed by atoms with E-state index in [1.54, 1.807) is 0 Å². The molecular formula is C48H32S2Si. The zero-order chi connectivity index (χ0) is 33.8. The molecule has 0 nitrogen and oxygen atoms in total. The summed E-state index contributed by atoms with van der Waals surface area (Å²) in [5.41, 5.74) is 5.12. The number of thiophene rings is 2. The zero-order valence-corrected chi connectivity index (χ0v) is 30.4. The lowest BCUT2D eigenvalue weighted by Gasteiger charge is -2.35. The Bertz CT molecular complexity index is 2670. The van der Waals surface area contributed by atoms with Gasteiger partial charge in [0.1, 0.15) is 0 Å². The number of benzene rings is 8. The van der Waals surface area contributed by atoms with Crippen molar-refractivity contribution in [2.75, 3.05) is 0 Å². The van der Waals surface area contributed by atoms with Crippen LogP contribution in [0.4, 0.5) is 0 Å². The first-order valence-corrected chi connectivity index (χ1v) is 21.1. The second-order valence-corrected chi connectivity index (χ2v) is 19.1. The van der Waals surface area contributed by atoms with Crippen molar-refractivity contribution in [3.8, 4) is 22.3 Å². The van der Waals surface area contributed by atoms with Crippen LogP contribution in [0, 0.1) is 0 Å². The molecule has 2 aromatic heterocycles. The topological polar surface area (TPSA) is 0 Å². The van der Waals surface area contributed by atoms with Crippen molar-refractivity contribution in [2.45, 2.75) is 0 Å². The van der Waals surface area contributed by atoms with E-state index in [9.17, 15) is 0 Å². The van der Waals surface area contributed by atoms with Crippen LogP contribution in [-0.4, -0.2) is 8.07 Å². The van der Waals surface area contributed by atoms with Crippen LogP contribution < -0.4 is 20.7 Å². The molecule has 0 N–H and O–H groups in total. The summed E-state index contributed by atoms with van der Waals surface area (Å²) in [7, 11) is -2.82. The maximum atomic E-state index is 2.50. The molecule has 10 aromatic rings. The van der Waals surface area contributed by atoms with E-state index in [0.717, 1.165) is 0 Å². The highest BCUT2D eigenvalue weighted by molar-refractivity contribution is 7.26. The molecule has 8 aromatic carbocycles. The molecule has 51 heavy (non-hydrogen) atoms. The molecule has 0 unspecified atom stereocenters. The van der Waals surface area contributed by atoms with E-state index >= 15 is 0 Å². The first-order chi connectivity index (χ1) is 25.3. The summed E-state index contributed by atoms with van der Waals surface area (Å²) in [6, 6.07) is 72.7. The summed E-state index contributed by atoms with van der Waals surface area (Å²) >= 11 is 3.80. The van der Waals surface area contributed by atoms with Crippen LogP contribution in [0.3, 0.4) is 0 Å². The number of rotatable bonds is 6. The Kier molecular flexibility index (Phi) is 7.31. The third-order valence-electron chi connectivity index (χ3n) is 10.4. The molecule has 0 amide bonds. The second kappa shape index (κ2) is 12.3. The molecule has 0 spiro atoms. The highest BCUT2D eigenvalue weighted by Crippen LogP contribution is 2.41. The monoisotopic (exact) mass is 700 g/mol. The first kappa shape index (κ1) is 30.3. The van der Waals surface area contributed by atoms with Crippen molar-refractivity contribution in [1.82, 2.24) is 0 Å². The van der Waals surface area contributed by atoms with E-state index in [0.29, 0.717) is 0 Å². The fraction of sp³-hybridized carbons (Fsp3) is 0. The van der Waals surface area contributed by atoms with E-state index in [1.807, 2.05) is 22.7 Å². The van der Waals surface area contributed by atoms with Crippen LogP contribution >= 0.6 is 22.7 Å². The summed E-state index contributed by atoms with van der Waals surface area (Å²) in [5, 5.41) is 10.8. The predicted octanol–water partition coefficient (Wildman–Crippen LogP) is 11.1. The number of hydrogen-bond donors (Lipinski definition) is 0. The average molecular weight is 701 g/mol. The Morgan fingerprint density at radius 3 is 1.14 bits per heavy atom. The maximum absolute atomic E-state index is 2.82. The standard InChI is InChI=1S/C48H32S2Si/c1-3-17-35(18-4-1)51(36-19-5-2-6-20-36,37-21-11-15-33(31-37)39-25-13-27-43-41-23-7-9-29-45(41)49-47(39)43)38-22-12-16-34(32-38)40-26-14-28-44-42-24-8-10-30-46(42)50-48(40)44/h1-32H. The molecular weight excluding hydrogens is 669 g/mol. The van der Waals surface area contributed by atoms with E-state index in [2.05, 4.69) is 194 Å². The van der Waals surface area contributed by atoms with Crippen LogP contribution in [0.25, 0.3) is 62.6 Å². The van der Waals surface area contributed by atoms with Crippen molar-refractivity contribution in [3.05, 3.63) is 194 Å².